The van der Waals surface area contributed by atoms with E-state index in [0.717, 1.165) is 38.3 Å². The Morgan fingerprint density at radius 2 is 1.89 bits per heavy atom. The van der Waals surface area contributed by atoms with Gasteiger partial charge in [0.05, 0.1) is 5.69 Å². The Bertz CT molecular complexity index is 461. The third-order valence-electron chi connectivity index (χ3n) is 3.63. The van der Waals surface area contributed by atoms with Gasteiger partial charge in [-0.15, -0.1) is 0 Å². The van der Waals surface area contributed by atoms with Crippen LogP contribution in [0.3, 0.4) is 0 Å². The van der Waals surface area contributed by atoms with Crippen molar-refractivity contribution < 1.29 is 0 Å². The second-order valence-corrected chi connectivity index (χ2v) is 5.09. The molecule has 1 saturated heterocycles. The van der Waals surface area contributed by atoms with Gasteiger partial charge in [0.15, 0.2) is 0 Å². The van der Waals surface area contributed by atoms with Crippen molar-refractivity contribution in [3.63, 3.8) is 0 Å². The van der Waals surface area contributed by atoms with E-state index >= 15 is 0 Å². The average molecular weight is 250 g/mol. The molecule has 0 spiro atoms. The maximum absolute atomic E-state index is 11.8. The van der Waals surface area contributed by atoms with Crippen LogP contribution in [0.1, 0.15) is 5.56 Å². The van der Waals surface area contributed by atoms with Crippen LogP contribution in [0.15, 0.2) is 17.1 Å². The van der Waals surface area contributed by atoms with E-state index in [1.807, 2.05) is 6.92 Å². The highest BCUT2D eigenvalue weighted by atomic mass is 16.1. The van der Waals surface area contributed by atoms with Crippen molar-refractivity contribution >= 4 is 5.69 Å². The summed E-state index contributed by atoms with van der Waals surface area (Å²) in [5, 5.41) is 0. The number of likely N-dealkylation sites (N-methyl/N-ethyl adjacent to an activating group) is 1. The summed E-state index contributed by atoms with van der Waals surface area (Å²) >= 11 is 0. The van der Waals surface area contributed by atoms with Crippen LogP contribution in [0.25, 0.3) is 0 Å². The van der Waals surface area contributed by atoms with Gasteiger partial charge in [0.25, 0.3) is 5.56 Å². The Balaban J connectivity index is 1.94. The molecule has 0 aromatic carbocycles. The summed E-state index contributed by atoms with van der Waals surface area (Å²) in [5.74, 6) is 0. The number of anilines is 1. The number of hydrogen-bond donors (Lipinski definition) is 1. The molecule has 1 aliphatic rings. The van der Waals surface area contributed by atoms with E-state index < -0.39 is 0 Å². The van der Waals surface area contributed by atoms with Crippen LogP contribution in [0.2, 0.25) is 0 Å². The van der Waals surface area contributed by atoms with Crippen LogP contribution < -0.4 is 11.3 Å². The summed E-state index contributed by atoms with van der Waals surface area (Å²) in [7, 11) is 2.14. The third kappa shape index (κ3) is 3.11. The molecule has 1 aromatic rings. The summed E-state index contributed by atoms with van der Waals surface area (Å²) in [5.41, 5.74) is 7.42. The van der Waals surface area contributed by atoms with E-state index in [0.29, 0.717) is 12.2 Å². The van der Waals surface area contributed by atoms with Crippen molar-refractivity contribution in [3.8, 4) is 0 Å². The minimum atomic E-state index is 0.0378. The topological polar surface area (TPSA) is 54.5 Å². The van der Waals surface area contributed by atoms with E-state index in [1.165, 1.54) is 0 Å². The predicted molar refractivity (Wildman–Crippen MR) is 73.8 cm³/mol. The molecule has 18 heavy (non-hydrogen) atoms. The molecular weight excluding hydrogens is 228 g/mol. The summed E-state index contributed by atoms with van der Waals surface area (Å²) in [6.07, 6.45) is 1.76. The molecule has 2 heterocycles. The van der Waals surface area contributed by atoms with E-state index in [-0.39, 0.29) is 5.56 Å². The second kappa shape index (κ2) is 5.54. The molecule has 100 valence electrons. The first kappa shape index (κ1) is 13.1. The van der Waals surface area contributed by atoms with Gasteiger partial charge in [-0.25, -0.2) is 0 Å². The van der Waals surface area contributed by atoms with Crippen LogP contribution in [0.5, 0.6) is 0 Å². The Kier molecular flexibility index (Phi) is 4.04. The summed E-state index contributed by atoms with van der Waals surface area (Å²) in [6, 6.07) is 1.61. The molecule has 0 bridgehead atoms. The Morgan fingerprint density at radius 1 is 1.22 bits per heavy atom. The van der Waals surface area contributed by atoms with E-state index in [1.54, 1.807) is 16.8 Å². The molecule has 1 aliphatic heterocycles. The summed E-state index contributed by atoms with van der Waals surface area (Å²) in [6.45, 7) is 7.85. The molecule has 1 fully saturated rings. The first-order valence-corrected chi connectivity index (χ1v) is 6.44. The fraction of sp³-hybridized carbons (Fsp3) is 0.615. The quantitative estimate of drug-likeness (QED) is 0.819. The zero-order valence-electron chi connectivity index (χ0n) is 11.2. The van der Waals surface area contributed by atoms with Crippen LogP contribution in [-0.4, -0.2) is 54.1 Å². The molecule has 2 rings (SSSR count). The first-order chi connectivity index (χ1) is 8.56. The average Bonchev–Trinajstić information content (AvgIpc) is 2.34. The SMILES string of the molecule is Cc1cc(=O)n(CCN2CCN(C)CC2)cc1N. The van der Waals surface area contributed by atoms with Gasteiger partial charge in [-0.3, -0.25) is 9.69 Å². The highest BCUT2D eigenvalue weighted by Gasteiger charge is 2.13. The largest absolute Gasteiger partial charge is 0.397 e. The van der Waals surface area contributed by atoms with Crippen molar-refractivity contribution in [3.05, 3.63) is 28.2 Å². The molecule has 0 atom stereocenters. The molecule has 0 unspecified atom stereocenters. The molecule has 0 amide bonds. The van der Waals surface area contributed by atoms with Gasteiger partial charge < -0.3 is 15.2 Å². The fourth-order valence-corrected chi connectivity index (χ4v) is 2.18. The number of rotatable bonds is 3. The van der Waals surface area contributed by atoms with Gasteiger partial charge in [0.1, 0.15) is 0 Å². The number of hydrogen-bond acceptors (Lipinski definition) is 4. The summed E-state index contributed by atoms with van der Waals surface area (Å²) < 4.78 is 1.71. The normalized spacial score (nSPS) is 18.1. The minimum absolute atomic E-state index is 0.0378. The maximum Gasteiger partial charge on any atom is 0.250 e. The fourth-order valence-electron chi connectivity index (χ4n) is 2.18. The third-order valence-corrected chi connectivity index (χ3v) is 3.63. The van der Waals surface area contributed by atoms with Gasteiger partial charge >= 0.3 is 0 Å². The van der Waals surface area contributed by atoms with Crippen molar-refractivity contribution in [1.82, 2.24) is 14.4 Å². The van der Waals surface area contributed by atoms with Crippen LogP contribution in [0.4, 0.5) is 5.69 Å². The van der Waals surface area contributed by atoms with Crippen molar-refractivity contribution in [2.45, 2.75) is 13.5 Å². The van der Waals surface area contributed by atoms with Crippen molar-refractivity contribution in [2.24, 2.45) is 0 Å². The smallest absolute Gasteiger partial charge is 0.250 e. The number of aryl methyl sites for hydroxylation is 1. The molecule has 0 radical (unpaired) electrons. The molecule has 2 N–H and O–H groups in total. The van der Waals surface area contributed by atoms with E-state index in [2.05, 4.69) is 16.8 Å². The lowest BCUT2D eigenvalue weighted by Crippen LogP contribution is -2.45. The van der Waals surface area contributed by atoms with Crippen LogP contribution in [0, 0.1) is 6.92 Å². The minimum Gasteiger partial charge on any atom is -0.397 e. The number of nitrogens with two attached hydrogens (primary N) is 1. The lowest BCUT2D eigenvalue weighted by atomic mass is 10.2. The second-order valence-electron chi connectivity index (χ2n) is 5.09. The monoisotopic (exact) mass is 250 g/mol. The molecule has 0 saturated carbocycles. The molecule has 1 aromatic heterocycles. The number of aromatic nitrogens is 1. The predicted octanol–water partition coefficient (Wildman–Crippen LogP) is -0.0137. The Labute approximate surface area is 108 Å². The molecular formula is C13H22N4O. The van der Waals surface area contributed by atoms with Crippen molar-refractivity contribution in [2.75, 3.05) is 45.5 Å². The Morgan fingerprint density at radius 3 is 2.56 bits per heavy atom. The molecule has 5 heteroatoms. The van der Waals surface area contributed by atoms with Crippen LogP contribution in [-0.2, 0) is 6.54 Å². The van der Waals surface area contributed by atoms with Gasteiger partial charge in [-0.05, 0) is 19.5 Å². The zero-order valence-corrected chi connectivity index (χ0v) is 11.2. The van der Waals surface area contributed by atoms with Gasteiger partial charge in [0, 0.05) is 51.5 Å². The number of pyridine rings is 1. The standard InChI is InChI=1S/C13H22N4O/c1-11-9-13(18)17(10-12(11)14)8-7-16-5-3-15(2)4-6-16/h9-10H,3-8,14H2,1-2H3. The molecule has 5 nitrogen and oxygen atoms in total. The lowest BCUT2D eigenvalue weighted by Gasteiger charge is -2.32. The highest BCUT2D eigenvalue weighted by Crippen LogP contribution is 2.06. The van der Waals surface area contributed by atoms with Crippen LogP contribution >= 0.6 is 0 Å². The first-order valence-electron chi connectivity index (χ1n) is 6.44. The number of nitrogens with zero attached hydrogens (tertiary/aromatic N) is 3. The maximum atomic E-state index is 11.8. The van der Waals surface area contributed by atoms with Crippen molar-refractivity contribution in [1.29, 1.82) is 0 Å². The van der Waals surface area contributed by atoms with Gasteiger partial charge in [0.2, 0.25) is 0 Å². The van der Waals surface area contributed by atoms with Gasteiger partial charge in [-0.1, -0.05) is 0 Å². The highest BCUT2D eigenvalue weighted by molar-refractivity contribution is 5.42. The molecule has 0 aliphatic carbocycles. The van der Waals surface area contributed by atoms with E-state index in [4.69, 9.17) is 5.73 Å². The Hall–Kier alpha value is -1.33. The number of piperazine rings is 1. The number of nitrogen functional groups attached to an aromatic ring is 1. The summed E-state index contributed by atoms with van der Waals surface area (Å²) in [4.78, 5) is 16.5. The van der Waals surface area contributed by atoms with Gasteiger partial charge in [-0.2, -0.15) is 0 Å². The lowest BCUT2D eigenvalue weighted by molar-refractivity contribution is 0.150. The zero-order chi connectivity index (χ0) is 13.1. The van der Waals surface area contributed by atoms with E-state index in [9.17, 15) is 4.79 Å².